The minimum absolute atomic E-state index is 0.0783. The molecular weight excluding hydrogens is 455 g/mol. The largest absolute Gasteiger partial charge is 0.497 e. The number of alkyl halides is 3. The van der Waals surface area contributed by atoms with Crippen LogP contribution in [0.3, 0.4) is 0 Å². The number of rotatable bonds is 7. The molecule has 2 aromatic carbocycles. The molecule has 3 aromatic rings. The molecule has 1 heterocycles. The molecule has 0 radical (unpaired) electrons. The van der Waals surface area contributed by atoms with Crippen molar-refractivity contribution in [1.82, 2.24) is 20.2 Å². The van der Waals surface area contributed by atoms with E-state index >= 15 is 0 Å². The highest BCUT2D eigenvalue weighted by Crippen LogP contribution is 2.37. The van der Waals surface area contributed by atoms with E-state index in [-0.39, 0.29) is 10.7 Å². The highest BCUT2D eigenvalue weighted by Gasteiger charge is 2.34. The number of carbonyl (C=O) groups excluding carboxylic acids is 1. The first-order chi connectivity index (χ1) is 14.7. The number of hydrogen-bond donors (Lipinski definition) is 1. The highest BCUT2D eigenvalue weighted by atomic mass is 35.5. The number of benzene rings is 2. The summed E-state index contributed by atoms with van der Waals surface area (Å²) < 4.78 is 46.3. The summed E-state index contributed by atoms with van der Waals surface area (Å²) in [7, 11) is 1.57. The number of methoxy groups -OCH3 is 1. The van der Waals surface area contributed by atoms with Crippen LogP contribution in [0.25, 0.3) is 0 Å². The molecule has 7 nitrogen and oxygen atoms in total. The van der Waals surface area contributed by atoms with Gasteiger partial charge in [-0.05, 0) is 53.2 Å². The Kier molecular flexibility index (Phi) is 7.06. The number of tetrazole rings is 1. The zero-order valence-corrected chi connectivity index (χ0v) is 17.9. The Morgan fingerprint density at radius 2 is 1.97 bits per heavy atom. The van der Waals surface area contributed by atoms with Crippen molar-refractivity contribution in [2.45, 2.75) is 30.1 Å². The van der Waals surface area contributed by atoms with E-state index in [1.54, 1.807) is 26.2 Å². The Hall–Kier alpha value is -2.79. The van der Waals surface area contributed by atoms with Gasteiger partial charge in [-0.25, -0.2) is 4.68 Å². The lowest BCUT2D eigenvalue weighted by Gasteiger charge is -2.16. The molecule has 1 unspecified atom stereocenters. The van der Waals surface area contributed by atoms with E-state index in [1.165, 1.54) is 10.7 Å². The minimum atomic E-state index is -4.66. The number of amides is 1. The average Bonchev–Trinajstić information content (AvgIpc) is 3.15. The monoisotopic (exact) mass is 471 g/mol. The predicted molar refractivity (Wildman–Crippen MR) is 110 cm³/mol. The summed E-state index contributed by atoms with van der Waals surface area (Å²) in [6.07, 6.45) is -4.66. The van der Waals surface area contributed by atoms with Gasteiger partial charge in [-0.2, -0.15) is 13.2 Å². The summed E-state index contributed by atoms with van der Waals surface area (Å²) in [6, 6.07) is 10.5. The Morgan fingerprint density at radius 1 is 1.26 bits per heavy atom. The third-order valence-corrected chi connectivity index (χ3v) is 5.49. The Bertz CT molecular complexity index is 1060. The van der Waals surface area contributed by atoms with Crippen LogP contribution in [0.15, 0.2) is 47.6 Å². The fraction of sp³-hybridized carbons (Fsp3) is 0.263. The summed E-state index contributed by atoms with van der Waals surface area (Å²) >= 11 is 6.70. The van der Waals surface area contributed by atoms with Gasteiger partial charge in [-0.3, -0.25) is 4.79 Å². The number of aromatic nitrogens is 4. The Morgan fingerprint density at radius 3 is 2.61 bits per heavy atom. The van der Waals surface area contributed by atoms with Crippen molar-refractivity contribution in [2.75, 3.05) is 12.4 Å². The van der Waals surface area contributed by atoms with Crippen molar-refractivity contribution in [1.29, 1.82) is 0 Å². The number of ether oxygens (including phenoxy) is 1. The van der Waals surface area contributed by atoms with Gasteiger partial charge in [0.1, 0.15) is 5.75 Å². The first kappa shape index (κ1) is 22.9. The van der Waals surface area contributed by atoms with Crippen LogP contribution < -0.4 is 10.1 Å². The molecule has 31 heavy (non-hydrogen) atoms. The quantitative estimate of drug-likeness (QED) is 0.510. The van der Waals surface area contributed by atoms with E-state index in [0.29, 0.717) is 17.5 Å². The molecule has 1 amide bonds. The molecule has 1 atom stereocenters. The second-order valence-corrected chi connectivity index (χ2v) is 8.15. The highest BCUT2D eigenvalue weighted by molar-refractivity contribution is 8.00. The van der Waals surface area contributed by atoms with E-state index in [4.69, 9.17) is 16.3 Å². The van der Waals surface area contributed by atoms with Crippen molar-refractivity contribution in [3.63, 3.8) is 0 Å². The van der Waals surface area contributed by atoms with Gasteiger partial charge in [0.2, 0.25) is 11.1 Å². The first-order valence-electron chi connectivity index (χ1n) is 8.90. The Balaban J connectivity index is 1.69. The number of carbonyl (C=O) groups is 1. The van der Waals surface area contributed by atoms with Gasteiger partial charge in [-0.1, -0.05) is 35.5 Å². The number of halogens is 4. The third-order valence-electron chi connectivity index (χ3n) is 4.19. The van der Waals surface area contributed by atoms with Crippen molar-refractivity contribution >= 4 is 35.0 Å². The van der Waals surface area contributed by atoms with Crippen LogP contribution >= 0.6 is 23.4 Å². The van der Waals surface area contributed by atoms with Crippen LogP contribution in [0.5, 0.6) is 5.75 Å². The second kappa shape index (κ2) is 9.56. The van der Waals surface area contributed by atoms with Crippen molar-refractivity contribution in [3.05, 3.63) is 58.6 Å². The summed E-state index contributed by atoms with van der Waals surface area (Å²) in [4.78, 5) is 12.5. The van der Waals surface area contributed by atoms with E-state index in [9.17, 15) is 18.0 Å². The maximum absolute atomic E-state index is 13.2. The normalized spacial score (nSPS) is 12.5. The van der Waals surface area contributed by atoms with Crippen molar-refractivity contribution < 1.29 is 22.7 Å². The number of nitrogens with one attached hydrogen (secondary N) is 1. The standard InChI is InChI=1S/C19H17ClF3N5O2S/c1-11(17(29)24-16-8-5-13(20)9-15(16)19(21,22)23)31-18-25-26-27-28(18)10-12-3-6-14(30-2)7-4-12/h3-9,11H,10H2,1-2H3,(H,24,29). The van der Waals surface area contributed by atoms with Gasteiger partial charge in [0.05, 0.1) is 30.2 Å². The third kappa shape index (κ3) is 5.88. The van der Waals surface area contributed by atoms with Crippen LogP contribution in [0.4, 0.5) is 18.9 Å². The summed E-state index contributed by atoms with van der Waals surface area (Å²) in [5.74, 6) is 0.0811. The first-order valence-corrected chi connectivity index (χ1v) is 10.2. The van der Waals surface area contributed by atoms with Gasteiger partial charge < -0.3 is 10.1 Å². The molecule has 0 aliphatic heterocycles. The molecule has 0 spiro atoms. The van der Waals surface area contributed by atoms with Crippen LogP contribution in [0.2, 0.25) is 5.02 Å². The zero-order chi connectivity index (χ0) is 22.6. The minimum Gasteiger partial charge on any atom is -0.497 e. The van der Waals surface area contributed by atoms with Crippen LogP contribution in [-0.4, -0.2) is 38.5 Å². The number of anilines is 1. The van der Waals surface area contributed by atoms with Crippen LogP contribution in [-0.2, 0) is 17.5 Å². The van der Waals surface area contributed by atoms with E-state index in [2.05, 4.69) is 20.8 Å². The number of nitrogens with zero attached hydrogens (tertiary/aromatic N) is 4. The maximum Gasteiger partial charge on any atom is 0.418 e. The number of hydrogen-bond acceptors (Lipinski definition) is 6. The van der Waals surface area contributed by atoms with E-state index in [0.717, 1.165) is 29.5 Å². The SMILES string of the molecule is COc1ccc(Cn2nnnc2SC(C)C(=O)Nc2ccc(Cl)cc2C(F)(F)F)cc1. The van der Waals surface area contributed by atoms with E-state index in [1.807, 2.05) is 12.1 Å². The lowest BCUT2D eigenvalue weighted by molar-refractivity contribution is -0.137. The van der Waals surface area contributed by atoms with E-state index < -0.39 is 22.9 Å². The molecule has 0 aliphatic rings. The fourth-order valence-corrected chi connectivity index (χ4v) is 3.55. The smallest absolute Gasteiger partial charge is 0.418 e. The molecule has 12 heteroatoms. The Labute approximate surface area is 184 Å². The molecule has 0 saturated heterocycles. The summed E-state index contributed by atoms with van der Waals surface area (Å²) in [5.41, 5.74) is -0.481. The summed E-state index contributed by atoms with van der Waals surface area (Å²) in [6.45, 7) is 1.90. The average molecular weight is 472 g/mol. The zero-order valence-electron chi connectivity index (χ0n) is 16.4. The van der Waals surface area contributed by atoms with Gasteiger partial charge in [-0.15, -0.1) is 5.10 Å². The van der Waals surface area contributed by atoms with Gasteiger partial charge in [0.15, 0.2) is 0 Å². The maximum atomic E-state index is 13.2. The van der Waals surface area contributed by atoms with Gasteiger partial charge >= 0.3 is 6.18 Å². The van der Waals surface area contributed by atoms with Gasteiger partial charge in [0, 0.05) is 5.02 Å². The molecule has 0 bridgehead atoms. The predicted octanol–water partition coefficient (Wildman–Crippen LogP) is 4.52. The topological polar surface area (TPSA) is 81.9 Å². The molecule has 0 aliphatic carbocycles. The molecule has 0 saturated carbocycles. The van der Waals surface area contributed by atoms with Crippen LogP contribution in [0, 0.1) is 0 Å². The molecule has 1 N–H and O–H groups in total. The number of thioether (sulfide) groups is 1. The lowest BCUT2D eigenvalue weighted by atomic mass is 10.1. The molecule has 1 aromatic heterocycles. The molecule has 3 rings (SSSR count). The fourth-order valence-electron chi connectivity index (χ4n) is 2.59. The molecule has 164 valence electrons. The second-order valence-electron chi connectivity index (χ2n) is 6.40. The van der Waals surface area contributed by atoms with Gasteiger partial charge in [0.25, 0.3) is 0 Å². The van der Waals surface area contributed by atoms with Crippen LogP contribution in [0.1, 0.15) is 18.1 Å². The molecular formula is C19H17ClF3N5O2S. The lowest BCUT2D eigenvalue weighted by Crippen LogP contribution is -2.24. The molecule has 0 fully saturated rings. The summed E-state index contributed by atoms with van der Waals surface area (Å²) in [5, 5.41) is 13.3. The van der Waals surface area contributed by atoms with Crippen molar-refractivity contribution in [3.8, 4) is 5.75 Å². The van der Waals surface area contributed by atoms with Crippen molar-refractivity contribution in [2.24, 2.45) is 0 Å².